The van der Waals surface area contributed by atoms with Crippen LogP contribution in [-0.4, -0.2) is 23.2 Å². The quantitative estimate of drug-likeness (QED) is 0.732. The van der Waals surface area contributed by atoms with Crippen LogP contribution >= 0.6 is 0 Å². The highest BCUT2D eigenvalue weighted by molar-refractivity contribution is 6.03. The van der Waals surface area contributed by atoms with E-state index >= 15 is 0 Å². The number of nitrogens with one attached hydrogen (secondary N) is 1. The molecule has 5 heteroatoms. The van der Waals surface area contributed by atoms with Crippen molar-refractivity contribution in [2.45, 2.75) is 59.1 Å². The highest BCUT2D eigenvalue weighted by Gasteiger charge is 2.26. The molecule has 0 radical (unpaired) electrons. The molecule has 0 bridgehead atoms. The molecule has 1 aliphatic carbocycles. The molecular formula is C23H28N2O3. The van der Waals surface area contributed by atoms with Crippen molar-refractivity contribution in [2.75, 3.05) is 11.9 Å². The summed E-state index contributed by atoms with van der Waals surface area (Å²) in [4.78, 5) is 12.6. The standard InChI is InChI=1S/C23H28N2O3/c1-5-27-22-12-18-11-15(3)28-21(18)13-20(22)24-23(26)9-6-17-10-14(2)25(16(17)4)19-7-8-19/h6,9-10,12-13,15,19H,5,7-8,11H2,1-4H3,(H,24,26)/b9-6+. The monoisotopic (exact) mass is 380 g/mol. The molecule has 1 aromatic heterocycles. The number of aryl methyl sites for hydroxylation is 1. The van der Waals surface area contributed by atoms with Gasteiger partial charge in [0.05, 0.1) is 12.3 Å². The van der Waals surface area contributed by atoms with E-state index in [9.17, 15) is 4.79 Å². The van der Waals surface area contributed by atoms with Crippen LogP contribution in [-0.2, 0) is 11.2 Å². The molecule has 1 atom stereocenters. The lowest BCUT2D eigenvalue weighted by atomic mass is 10.1. The second-order valence-electron chi connectivity index (χ2n) is 7.77. The van der Waals surface area contributed by atoms with Gasteiger partial charge < -0.3 is 19.4 Å². The summed E-state index contributed by atoms with van der Waals surface area (Å²) < 4.78 is 13.9. The van der Waals surface area contributed by atoms with Gasteiger partial charge in [-0.1, -0.05) is 0 Å². The minimum Gasteiger partial charge on any atom is -0.492 e. The van der Waals surface area contributed by atoms with Crippen LogP contribution in [0.2, 0.25) is 0 Å². The van der Waals surface area contributed by atoms with Gasteiger partial charge in [-0.25, -0.2) is 0 Å². The summed E-state index contributed by atoms with van der Waals surface area (Å²) in [5.41, 5.74) is 5.34. The second kappa shape index (κ2) is 7.38. The maximum Gasteiger partial charge on any atom is 0.248 e. The lowest BCUT2D eigenvalue weighted by molar-refractivity contribution is -0.111. The molecule has 1 aromatic carbocycles. The van der Waals surface area contributed by atoms with Gasteiger partial charge in [-0.15, -0.1) is 0 Å². The number of amides is 1. The Balaban J connectivity index is 1.52. The fourth-order valence-electron chi connectivity index (χ4n) is 4.02. The van der Waals surface area contributed by atoms with E-state index in [1.807, 2.05) is 32.1 Å². The van der Waals surface area contributed by atoms with Gasteiger partial charge in [0.25, 0.3) is 0 Å². The Kier molecular flexibility index (Phi) is 4.92. The second-order valence-corrected chi connectivity index (χ2v) is 7.77. The Hall–Kier alpha value is -2.69. The number of carbonyl (C=O) groups is 1. The highest BCUT2D eigenvalue weighted by Crippen LogP contribution is 2.39. The predicted octanol–water partition coefficient (Wildman–Crippen LogP) is 4.81. The zero-order valence-corrected chi connectivity index (χ0v) is 17.0. The molecule has 2 heterocycles. The van der Waals surface area contributed by atoms with Gasteiger partial charge >= 0.3 is 0 Å². The van der Waals surface area contributed by atoms with Crippen molar-refractivity contribution in [2.24, 2.45) is 0 Å². The Morgan fingerprint density at radius 1 is 1.32 bits per heavy atom. The lowest BCUT2D eigenvalue weighted by Gasteiger charge is -2.12. The smallest absolute Gasteiger partial charge is 0.248 e. The normalized spacial score (nSPS) is 18.2. The fraction of sp³-hybridized carbons (Fsp3) is 0.435. The fourth-order valence-corrected chi connectivity index (χ4v) is 4.02. The Labute approximate surface area is 166 Å². The number of anilines is 1. The molecule has 1 saturated carbocycles. The van der Waals surface area contributed by atoms with E-state index in [0.717, 1.165) is 23.3 Å². The zero-order chi connectivity index (χ0) is 19.8. The van der Waals surface area contributed by atoms with Gasteiger partial charge in [0.15, 0.2) is 0 Å². The topological polar surface area (TPSA) is 52.5 Å². The largest absolute Gasteiger partial charge is 0.492 e. The molecule has 1 N–H and O–H groups in total. The van der Waals surface area contributed by atoms with E-state index < -0.39 is 0 Å². The van der Waals surface area contributed by atoms with Gasteiger partial charge in [0.2, 0.25) is 5.91 Å². The number of aromatic nitrogens is 1. The van der Waals surface area contributed by atoms with Gasteiger partial charge in [0.1, 0.15) is 17.6 Å². The van der Waals surface area contributed by atoms with Crippen molar-refractivity contribution in [3.05, 3.63) is 46.8 Å². The predicted molar refractivity (Wildman–Crippen MR) is 111 cm³/mol. The Morgan fingerprint density at radius 3 is 2.82 bits per heavy atom. The molecule has 1 unspecified atom stereocenters. The summed E-state index contributed by atoms with van der Waals surface area (Å²) in [6.07, 6.45) is 6.99. The average Bonchev–Trinajstić information content (AvgIpc) is 3.34. The van der Waals surface area contributed by atoms with Crippen molar-refractivity contribution >= 4 is 17.7 Å². The molecule has 5 nitrogen and oxygen atoms in total. The van der Waals surface area contributed by atoms with Crippen LogP contribution in [0.5, 0.6) is 11.5 Å². The first-order valence-electron chi connectivity index (χ1n) is 10.1. The van der Waals surface area contributed by atoms with Crippen molar-refractivity contribution in [1.29, 1.82) is 0 Å². The molecule has 2 aliphatic rings. The molecule has 1 aliphatic heterocycles. The lowest BCUT2D eigenvalue weighted by Crippen LogP contribution is -2.10. The van der Waals surface area contributed by atoms with E-state index in [1.54, 1.807) is 6.08 Å². The summed E-state index contributed by atoms with van der Waals surface area (Å²) >= 11 is 0. The molecule has 0 spiro atoms. The number of rotatable bonds is 6. The van der Waals surface area contributed by atoms with Crippen molar-refractivity contribution in [3.63, 3.8) is 0 Å². The van der Waals surface area contributed by atoms with Crippen LogP contribution < -0.4 is 14.8 Å². The minimum absolute atomic E-state index is 0.150. The van der Waals surface area contributed by atoms with Crippen LogP contribution in [0.3, 0.4) is 0 Å². The zero-order valence-electron chi connectivity index (χ0n) is 17.0. The van der Waals surface area contributed by atoms with Gasteiger partial charge in [-0.2, -0.15) is 0 Å². The number of carbonyl (C=O) groups excluding carboxylic acids is 1. The SMILES string of the molecule is CCOc1cc2c(cc1NC(=O)/C=C/c1cc(C)n(C3CC3)c1C)OC(C)C2. The maximum absolute atomic E-state index is 12.6. The van der Waals surface area contributed by atoms with Crippen LogP contribution in [0.4, 0.5) is 5.69 Å². The molecule has 1 fully saturated rings. The number of nitrogens with zero attached hydrogens (tertiary/aromatic N) is 1. The summed E-state index contributed by atoms with van der Waals surface area (Å²) in [5.74, 6) is 1.33. The van der Waals surface area contributed by atoms with Crippen LogP contribution in [0.15, 0.2) is 24.3 Å². The summed E-state index contributed by atoms with van der Waals surface area (Å²) in [5, 5.41) is 2.95. The summed E-state index contributed by atoms with van der Waals surface area (Å²) in [6, 6.07) is 6.63. The van der Waals surface area contributed by atoms with E-state index in [-0.39, 0.29) is 12.0 Å². The minimum atomic E-state index is -0.178. The third kappa shape index (κ3) is 3.66. The molecule has 148 valence electrons. The van der Waals surface area contributed by atoms with Crippen LogP contribution in [0, 0.1) is 13.8 Å². The number of fused-ring (bicyclic) bond motifs is 1. The van der Waals surface area contributed by atoms with E-state index in [2.05, 4.69) is 29.8 Å². The molecule has 2 aromatic rings. The van der Waals surface area contributed by atoms with Crippen LogP contribution in [0.25, 0.3) is 6.08 Å². The molecule has 0 saturated heterocycles. The average molecular weight is 380 g/mol. The van der Waals surface area contributed by atoms with Gasteiger partial charge in [0, 0.05) is 41.6 Å². The number of ether oxygens (including phenoxy) is 2. The van der Waals surface area contributed by atoms with E-state index in [1.165, 1.54) is 24.2 Å². The third-order valence-electron chi connectivity index (χ3n) is 5.41. The highest BCUT2D eigenvalue weighted by atomic mass is 16.5. The molecular weight excluding hydrogens is 352 g/mol. The Bertz CT molecular complexity index is 938. The number of benzene rings is 1. The Morgan fingerprint density at radius 2 is 2.11 bits per heavy atom. The van der Waals surface area contributed by atoms with E-state index in [0.29, 0.717) is 24.1 Å². The molecule has 4 rings (SSSR count). The van der Waals surface area contributed by atoms with Gasteiger partial charge in [-0.05, 0) is 64.3 Å². The number of hydrogen-bond donors (Lipinski definition) is 1. The van der Waals surface area contributed by atoms with Gasteiger partial charge in [-0.3, -0.25) is 4.79 Å². The molecule has 1 amide bonds. The third-order valence-corrected chi connectivity index (χ3v) is 5.41. The van der Waals surface area contributed by atoms with Crippen molar-refractivity contribution in [3.8, 4) is 11.5 Å². The molecule has 28 heavy (non-hydrogen) atoms. The summed E-state index contributed by atoms with van der Waals surface area (Å²) in [7, 11) is 0. The first-order chi connectivity index (χ1) is 13.5. The van der Waals surface area contributed by atoms with Crippen LogP contribution in [0.1, 0.15) is 55.2 Å². The number of hydrogen-bond acceptors (Lipinski definition) is 3. The summed E-state index contributed by atoms with van der Waals surface area (Å²) in [6.45, 7) is 8.77. The first-order valence-corrected chi connectivity index (χ1v) is 10.1. The van der Waals surface area contributed by atoms with Crippen molar-refractivity contribution < 1.29 is 14.3 Å². The van der Waals surface area contributed by atoms with E-state index in [4.69, 9.17) is 9.47 Å². The first kappa shape index (κ1) is 18.7. The van der Waals surface area contributed by atoms with Crippen molar-refractivity contribution in [1.82, 2.24) is 4.57 Å². The maximum atomic E-state index is 12.6.